The van der Waals surface area contributed by atoms with Gasteiger partial charge in [0.2, 0.25) is 0 Å². The van der Waals surface area contributed by atoms with Crippen LogP contribution in [0.1, 0.15) is 35.7 Å². The van der Waals surface area contributed by atoms with Crippen LogP contribution in [0.15, 0.2) is 18.2 Å². The minimum atomic E-state index is -2.93. The second-order valence-electron chi connectivity index (χ2n) is 4.64. The van der Waals surface area contributed by atoms with Crippen molar-refractivity contribution in [3.05, 3.63) is 29.3 Å². The highest BCUT2D eigenvalue weighted by Gasteiger charge is 2.22. The van der Waals surface area contributed by atoms with Crippen LogP contribution in [0.4, 0.5) is 0 Å². The van der Waals surface area contributed by atoms with Crippen LogP contribution >= 0.6 is 0 Å². The van der Waals surface area contributed by atoms with E-state index in [1.807, 2.05) is 12.1 Å². The molecule has 0 amide bonds. The third kappa shape index (κ3) is 3.35. The monoisotopic (exact) mass is 282 g/mol. The summed E-state index contributed by atoms with van der Waals surface area (Å²) in [4.78, 5) is 11.6. The summed E-state index contributed by atoms with van der Waals surface area (Å²) in [5.74, 6) is 1.20. The number of fused-ring (bicyclic) bond motifs is 1. The van der Waals surface area contributed by atoms with Crippen molar-refractivity contribution >= 4 is 15.6 Å². The molecule has 1 aliphatic carbocycles. The van der Waals surface area contributed by atoms with Crippen molar-refractivity contribution in [1.82, 2.24) is 0 Å². The van der Waals surface area contributed by atoms with E-state index in [1.165, 1.54) is 0 Å². The number of ketones is 1. The summed E-state index contributed by atoms with van der Waals surface area (Å²) < 4.78 is 28.3. The number of hydrogen-bond donors (Lipinski definition) is 0. The van der Waals surface area contributed by atoms with E-state index in [9.17, 15) is 13.2 Å². The Labute approximate surface area is 113 Å². The summed E-state index contributed by atoms with van der Waals surface area (Å²) in [5, 5.41) is 0. The predicted octanol–water partition coefficient (Wildman–Crippen LogP) is 2.02. The standard InChI is InChI=1S/C14H18O4S/c1-2-19(16,17)10-4-9-18-14-6-3-5-11-12(14)7-8-13(11)15/h3,5-6H,2,4,7-10H2,1H3. The maximum absolute atomic E-state index is 11.6. The zero-order chi connectivity index (χ0) is 13.9. The Morgan fingerprint density at radius 1 is 1.26 bits per heavy atom. The van der Waals surface area contributed by atoms with Crippen molar-refractivity contribution in [2.24, 2.45) is 0 Å². The highest BCUT2D eigenvalue weighted by molar-refractivity contribution is 7.91. The predicted molar refractivity (Wildman–Crippen MR) is 73.5 cm³/mol. The molecule has 0 N–H and O–H groups in total. The van der Waals surface area contributed by atoms with E-state index in [0.29, 0.717) is 19.4 Å². The lowest BCUT2D eigenvalue weighted by Gasteiger charge is -2.10. The first-order valence-electron chi connectivity index (χ1n) is 6.52. The van der Waals surface area contributed by atoms with Crippen LogP contribution in [0.25, 0.3) is 0 Å². The average molecular weight is 282 g/mol. The van der Waals surface area contributed by atoms with Crippen LogP contribution in [-0.4, -0.2) is 32.3 Å². The van der Waals surface area contributed by atoms with Gasteiger partial charge in [-0.05, 0) is 18.9 Å². The molecule has 4 nitrogen and oxygen atoms in total. The molecule has 0 bridgehead atoms. The van der Waals surface area contributed by atoms with Crippen LogP contribution in [0.2, 0.25) is 0 Å². The average Bonchev–Trinajstić information content (AvgIpc) is 2.78. The highest BCUT2D eigenvalue weighted by atomic mass is 32.2. The Morgan fingerprint density at radius 2 is 2.05 bits per heavy atom. The summed E-state index contributed by atoms with van der Waals surface area (Å²) in [6.07, 6.45) is 1.74. The molecule has 1 aromatic rings. The first-order chi connectivity index (χ1) is 9.03. The minimum absolute atomic E-state index is 0.150. The summed E-state index contributed by atoms with van der Waals surface area (Å²) in [7, 11) is -2.93. The molecule has 5 heteroatoms. The van der Waals surface area contributed by atoms with E-state index in [0.717, 1.165) is 23.3 Å². The third-order valence-electron chi connectivity index (χ3n) is 3.33. The smallest absolute Gasteiger partial charge is 0.163 e. The van der Waals surface area contributed by atoms with Gasteiger partial charge in [0.25, 0.3) is 0 Å². The molecule has 0 aliphatic heterocycles. The first-order valence-corrected chi connectivity index (χ1v) is 8.34. The van der Waals surface area contributed by atoms with Crippen molar-refractivity contribution in [2.45, 2.75) is 26.2 Å². The van der Waals surface area contributed by atoms with Crippen molar-refractivity contribution in [1.29, 1.82) is 0 Å². The normalized spacial score (nSPS) is 14.5. The second kappa shape index (κ2) is 5.74. The van der Waals surface area contributed by atoms with Crippen LogP contribution in [0, 0.1) is 0 Å². The number of benzene rings is 1. The van der Waals surface area contributed by atoms with E-state index in [4.69, 9.17) is 4.74 Å². The topological polar surface area (TPSA) is 60.4 Å². The van der Waals surface area contributed by atoms with Gasteiger partial charge in [0.15, 0.2) is 5.78 Å². The van der Waals surface area contributed by atoms with E-state index < -0.39 is 9.84 Å². The molecule has 1 aromatic carbocycles. The Morgan fingerprint density at radius 3 is 2.79 bits per heavy atom. The molecule has 0 spiro atoms. The zero-order valence-electron chi connectivity index (χ0n) is 11.0. The van der Waals surface area contributed by atoms with E-state index in [-0.39, 0.29) is 17.3 Å². The lowest BCUT2D eigenvalue weighted by atomic mass is 10.1. The number of carbonyl (C=O) groups is 1. The van der Waals surface area contributed by atoms with Crippen LogP contribution in [0.5, 0.6) is 5.75 Å². The van der Waals surface area contributed by atoms with Gasteiger partial charge in [-0.3, -0.25) is 4.79 Å². The van der Waals surface area contributed by atoms with Gasteiger partial charge < -0.3 is 4.74 Å². The van der Waals surface area contributed by atoms with Gasteiger partial charge in [0.05, 0.1) is 12.4 Å². The Kier molecular flexibility index (Phi) is 4.24. The summed E-state index contributed by atoms with van der Waals surface area (Å²) in [5.41, 5.74) is 1.71. The lowest BCUT2D eigenvalue weighted by molar-refractivity contribution is 0.0994. The SMILES string of the molecule is CCS(=O)(=O)CCCOc1cccc2c1CCC2=O. The molecule has 0 heterocycles. The molecule has 19 heavy (non-hydrogen) atoms. The molecular weight excluding hydrogens is 264 g/mol. The quantitative estimate of drug-likeness (QED) is 0.749. The Bertz CT molecular complexity index is 575. The third-order valence-corrected chi connectivity index (χ3v) is 5.12. The van der Waals surface area contributed by atoms with Crippen LogP contribution in [-0.2, 0) is 16.3 Å². The maximum atomic E-state index is 11.6. The number of carbonyl (C=O) groups excluding carboxylic acids is 1. The fourth-order valence-corrected chi connectivity index (χ4v) is 3.04. The van der Waals surface area contributed by atoms with Gasteiger partial charge in [-0.15, -0.1) is 0 Å². The molecule has 2 rings (SSSR count). The molecule has 104 valence electrons. The zero-order valence-corrected chi connectivity index (χ0v) is 11.8. The van der Waals surface area contributed by atoms with Crippen molar-refractivity contribution in [3.8, 4) is 5.75 Å². The second-order valence-corrected chi connectivity index (χ2v) is 7.12. The van der Waals surface area contributed by atoms with Crippen LogP contribution in [0.3, 0.4) is 0 Å². The molecule has 0 fully saturated rings. The maximum Gasteiger partial charge on any atom is 0.163 e. The first kappa shape index (κ1) is 14.1. The number of rotatable bonds is 6. The minimum Gasteiger partial charge on any atom is -0.493 e. The van der Waals surface area contributed by atoms with Crippen molar-refractivity contribution in [2.75, 3.05) is 18.1 Å². The number of hydrogen-bond acceptors (Lipinski definition) is 4. The number of ether oxygens (including phenoxy) is 1. The fourth-order valence-electron chi connectivity index (χ4n) is 2.20. The van der Waals surface area contributed by atoms with Gasteiger partial charge in [-0.25, -0.2) is 8.42 Å². The number of sulfone groups is 1. The van der Waals surface area contributed by atoms with E-state index in [2.05, 4.69) is 0 Å². The van der Waals surface area contributed by atoms with Crippen molar-refractivity contribution in [3.63, 3.8) is 0 Å². The molecular formula is C14H18O4S. The molecule has 0 aromatic heterocycles. The fraction of sp³-hybridized carbons (Fsp3) is 0.500. The van der Waals surface area contributed by atoms with Gasteiger partial charge >= 0.3 is 0 Å². The summed E-state index contributed by atoms with van der Waals surface area (Å²) >= 11 is 0. The van der Waals surface area contributed by atoms with Crippen molar-refractivity contribution < 1.29 is 17.9 Å². The van der Waals surface area contributed by atoms with E-state index >= 15 is 0 Å². The summed E-state index contributed by atoms with van der Waals surface area (Å²) in [6, 6.07) is 5.46. The molecule has 0 atom stereocenters. The number of Topliss-reactive ketones (excluding diaryl/α,β-unsaturated/α-hetero) is 1. The van der Waals surface area contributed by atoms with E-state index in [1.54, 1.807) is 13.0 Å². The molecule has 0 saturated carbocycles. The van der Waals surface area contributed by atoms with Gasteiger partial charge in [-0.2, -0.15) is 0 Å². The molecule has 1 aliphatic rings. The Hall–Kier alpha value is -1.36. The molecule has 0 unspecified atom stereocenters. The summed E-state index contributed by atoms with van der Waals surface area (Å²) in [6.45, 7) is 2.01. The largest absolute Gasteiger partial charge is 0.493 e. The molecule has 0 radical (unpaired) electrons. The van der Waals surface area contributed by atoms with Gasteiger partial charge in [-0.1, -0.05) is 19.1 Å². The highest BCUT2D eigenvalue weighted by Crippen LogP contribution is 2.30. The van der Waals surface area contributed by atoms with Crippen LogP contribution < -0.4 is 4.74 Å². The lowest BCUT2D eigenvalue weighted by Crippen LogP contribution is -2.12. The van der Waals surface area contributed by atoms with Gasteiger partial charge in [0, 0.05) is 23.3 Å². The molecule has 0 saturated heterocycles. The Balaban J connectivity index is 1.93. The van der Waals surface area contributed by atoms with Gasteiger partial charge in [0.1, 0.15) is 15.6 Å².